The van der Waals surface area contributed by atoms with Crippen molar-refractivity contribution in [1.82, 2.24) is 10.0 Å². The summed E-state index contributed by atoms with van der Waals surface area (Å²) >= 11 is 12.0. The van der Waals surface area contributed by atoms with Crippen LogP contribution in [0, 0.1) is 23.6 Å². The predicted molar refractivity (Wildman–Crippen MR) is 129 cm³/mol. The van der Waals surface area contributed by atoms with Crippen molar-refractivity contribution < 1.29 is 23.6 Å². The van der Waals surface area contributed by atoms with Gasteiger partial charge in [-0.15, -0.1) is 11.6 Å². The van der Waals surface area contributed by atoms with Crippen LogP contribution in [0.3, 0.4) is 0 Å². The predicted octanol–water partition coefficient (Wildman–Crippen LogP) is 5.14. The second kappa shape index (κ2) is 10.5. The molecule has 4 rings (SSSR count). The van der Waals surface area contributed by atoms with Gasteiger partial charge in [0, 0.05) is 22.0 Å². The van der Waals surface area contributed by atoms with Gasteiger partial charge in [0.1, 0.15) is 11.9 Å². The third kappa shape index (κ3) is 4.98. The van der Waals surface area contributed by atoms with Gasteiger partial charge >= 0.3 is 0 Å². The van der Waals surface area contributed by atoms with Crippen molar-refractivity contribution >= 4 is 46.7 Å². The molecule has 9 heteroatoms. The molecule has 2 fully saturated rings. The molecule has 1 aliphatic heterocycles. The molecule has 1 heterocycles. The Balaban J connectivity index is 1.79. The first-order chi connectivity index (χ1) is 16.7. The minimum Gasteiger partial charge on any atom is -0.292 e. The first-order valence-electron chi connectivity index (χ1n) is 11.6. The third-order valence-electron chi connectivity index (χ3n) is 6.79. The van der Waals surface area contributed by atoms with E-state index in [9.17, 15) is 23.6 Å². The maximum atomic E-state index is 13.8. The summed E-state index contributed by atoms with van der Waals surface area (Å²) < 4.78 is 13.5. The van der Waals surface area contributed by atoms with E-state index >= 15 is 0 Å². The Kier molecular flexibility index (Phi) is 7.57. The summed E-state index contributed by atoms with van der Waals surface area (Å²) in [6, 6.07) is 9.61. The smallest absolute Gasteiger partial charge is 0.273 e. The van der Waals surface area contributed by atoms with Gasteiger partial charge in [-0.05, 0) is 80.1 Å². The van der Waals surface area contributed by atoms with E-state index in [2.05, 4.69) is 0 Å². The zero-order valence-electron chi connectivity index (χ0n) is 19.1. The van der Waals surface area contributed by atoms with Gasteiger partial charge in [-0.3, -0.25) is 19.2 Å². The van der Waals surface area contributed by atoms with Crippen LogP contribution in [-0.4, -0.2) is 45.4 Å². The third-order valence-corrected chi connectivity index (χ3v) is 7.26. The largest absolute Gasteiger partial charge is 0.292 e. The number of hydrogen-bond donors (Lipinski definition) is 0. The van der Waals surface area contributed by atoms with Gasteiger partial charge in [0.05, 0.1) is 11.8 Å². The van der Waals surface area contributed by atoms with Gasteiger partial charge in [0.15, 0.2) is 5.78 Å². The Morgan fingerprint density at radius 2 is 1.60 bits per heavy atom. The molecule has 2 aromatic carbocycles. The summed E-state index contributed by atoms with van der Waals surface area (Å²) in [6.45, 7) is 2.03. The Hall–Kier alpha value is -2.77. The lowest BCUT2D eigenvalue weighted by molar-refractivity contribution is -0.156. The Labute approximate surface area is 212 Å². The second-order valence-electron chi connectivity index (χ2n) is 9.14. The molecule has 0 unspecified atom stereocenters. The molecule has 1 aliphatic carbocycles. The molecule has 0 spiro atoms. The highest BCUT2D eigenvalue weighted by molar-refractivity contribution is 6.30. The number of benzene rings is 2. The standard InChI is InChI=1S/C26H25Cl2FN2O4/c1-15-2-11-20-21(14-15)26(35)31(25(20)34)30(24(33)17-3-7-18(28)8-4-17)22(12-13-27)23(32)16-5-9-19(29)10-6-16/h3-10,15,20-22H,2,11-14H2,1H3/t15-,20+,21+,22-/m1/s1. The molecule has 1 saturated carbocycles. The number of imide groups is 1. The first kappa shape index (κ1) is 25.3. The molecule has 1 saturated heterocycles. The van der Waals surface area contributed by atoms with Crippen molar-refractivity contribution in [2.24, 2.45) is 17.8 Å². The summed E-state index contributed by atoms with van der Waals surface area (Å²) in [6.07, 6.45) is 1.88. The van der Waals surface area contributed by atoms with E-state index in [-0.39, 0.29) is 29.3 Å². The number of ketones is 1. The first-order valence-corrected chi connectivity index (χ1v) is 12.5. The molecule has 0 bridgehead atoms. The maximum Gasteiger partial charge on any atom is 0.273 e. The molecule has 3 amide bonds. The average Bonchev–Trinajstić information content (AvgIpc) is 3.08. The van der Waals surface area contributed by atoms with Crippen molar-refractivity contribution in [2.75, 3.05) is 5.88 Å². The summed E-state index contributed by atoms with van der Waals surface area (Å²) in [4.78, 5) is 54.4. The van der Waals surface area contributed by atoms with Crippen LogP contribution in [0.1, 0.15) is 53.3 Å². The second-order valence-corrected chi connectivity index (χ2v) is 9.96. The van der Waals surface area contributed by atoms with Crippen molar-refractivity contribution in [3.05, 3.63) is 70.5 Å². The number of Topliss-reactive ketones (excluding diaryl/α,β-unsaturated/α-hetero) is 1. The van der Waals surface area contributed by atoms with Gasteiger partial charge in [-0.1, -0.05) is 18.5 Å². The summed E-state index contributed by atoms with van der Waals surface area (Å²) in [5.74, 6) is -3.54. The molecule has 2 aromatic rings. The minimum absolute atomic E-state index is 0.0118. The monoisotopic (exact) mass is 518 g/mol. The highest BCUT2D eigenvalue weighted by Crippen LogP contribution is 2.42. The lowest BCUT2D eigenvalue weighted by atomic mass is 9.76. The fraction of sp³-hybridized carbons (Fsp3) is 0.385. The molecule has 4 atom stereocenters. The van der Waals surface area contributed by atoms with E-state index in [0.29, 0.717) is 17.9 Å². The number of alkyl halides is 1. The number of carbonyl (C=O) groups is 4. The van der Waals surface area contributed by atoms with Crippen molar-refractivity contribution in [2.45, 2.75) is 38.6 Å². The normalized spacial score (nSPS) is 22.6. The van der Waals surface area contributed by atoms with Crippen LogP contribution in [0.15, 0.2) is 48.5 Å². The van der Waals surface area contributed by atoms with Crippen molar-refractivity contribution in [3.63, 3.8) is 0 Å². The van der Waals surface area contributed by atoms with E-state index < -0.39 is 47.2 Å². The number of hydrazine groups is 1. The molecule has 0 aromatic heterocycles. The number of hydrogen-bond acceptors (Lipinski definition) is 4. The molecular weight excluding hydrogens is 494 g/mol. The Morgan fingerprint density at radius 3 is 2.23 bits per heavy atom. The van der Waals surface area contributed by atoms with Crippen LogP contribution in [0.5, 0.6) is 0 Å². The number of amides is 3. The summed E-state index contributed by atoms with van der Waals surface area (Å²) in [5.41, 5.74) is 0.297. The van der Waals surface area contributed by atoms with Gasteiger partial charge < -0.3 is 0 Å². The fourth-order valence-electron chi connectivity index (χ4n) is 4.96. The molecule has 6 nitrogen and oxygen atoms in total. The van der Waals surface area contributed by atoms with Crippen LogP contribution >= 0.6 is 23.2 Å². The van der Waals surface area contributed by atoms with Gasteiger partial charge in [0.25, 0.3) is 17.7 Å². The van der Waals surface area contributed by atoms with Crippen LogP contribution in [0.4, 0.5) is 4.39 Å². The molecule has 35 heavy (non-hydrogen) atoms. The topological polar surface area (TPSA) is 74.8 Å². The van der Waals surface area contributed by atoms with Gasteiger partial charge in [-0.25, -0.2) is 9.40 Å². The molecule has 0 N–H and O–H groups in total. The van der Waals surface area contributed by atoms with E-state index in [0.717, 1.165) is 28.6 Å². The van der Waals surface area contributed by atoms with E-state index in [1.165, 1.54) is 36.4 Å². The number of halogens is 3. The van der Waals surface area contributed by atoms with Crippen LogP contribution in [0.25, 0.3) is 0 Å². The molecule has 0 radical (unpaired) electrons. The van der Waals surface area contributed by atoms with Crippen molar-refractivity contribution in [3.8, 4) is 0 Å². The summed E-state index contributed by atoms with van der Waals surface area (Å²) in [7, 11) is 0. The highest BCUT2D eigenvalue weighted by atomic mass is 35.5. The number of fused-ring (bicyclic) bond motifs is 1. The molecule has 2 aliphatic rings. The average molecular weight is 519 g/mol. The van der Waals surface area contributed by atoms with Crippen molar-refractivity contribution in [1.29, 1.82) is 0 Å². The SMILES string of the molecule is C[C@@H]1CC[C@@H]2C(=O)N(N(C(=O)c3ccc(Cl)cc3)[C@H](CCCl)C(=O)c3ccc(F)cc3)C(=O)[C@H]2C1. The molecular formula is C26H25Cl2FN2O4. The maximum absolute atomic E-state index is 13.8. The van der Waals surface area contributed by atoms with Crippen LogP contribution in [-0.2, 0) is 9.59 Å². The van der Waals surface area contributed by atoms with Crippen LogP contribution < -0.4 is 0 Å². The Bertz CT molecular complexity index is 1140. The van der Waals surface area contributed by atoms with Gasteiger partial charge in [0.2, 0.25) is 0 Å². The Morgan fingerprint density at radius 1 is 1.00 bits per heavy atom. The molecule has 184 valence electrons. The van der Waals surface area contributed by atoms with E-state index in [4.69, 9.17) is 23.2 Å². The zero-order valence-corrected chi connectivity index (χ0v) is 20.6. The van der Waals surface area contributed by atoms with E-state index in [1.807, 2.05) is 6.92 Å². The highest BCUT2D eigenvalue weighted by Gasteiger charge is 2.54. The zero-order chi connectivity index (χ0) is 25.3. The van der Waals surface area contributed by atoms with Crippen LogP contribution in [0.2, 0.25) is 5.02 Å². The van der Waals surface area contributed by atoms with Gasteiger partial charge in [-0.2, -0.15) is 5.01 Å². The van der Waals surface area contributed by atoms with E-state index in [1.54, 1.807) is 0 Å². The number of nitrogens with zero attached hydrogens (tertiary/aromatic N) is 2. The lowest BCUT2D eigenvalue weighted by Crippen LogP contribution is -2.57. The summed E-state index contributed by atoms with van der Waals surface area (Å²) in [5, 5.41) is 2.23. The quantitative estimate of drug-likeness (QED) is 0.289. The lowest BCUT2D eigenvalue weighted by Gasteiger charge is -2.36. The minimum atomic E-state index is -1.24. The number of carbonyl (C=O) groups excluding carboxylic acids is 4. The fourth-order valence-corrected chi connectivity index (χ4v) is 5.29. The number of rotatable bonds is 7.